The molecule has 2 unspecified atom stereocenters. The Morgan fingerprint density at radius 3 is 2.64 bits per heavy atom. The normalized spacial score (nSPS) is 36.0. The number of aliphatic hydroxyl groups is 1. The molecule has 0 radical (unpaired) electrons. The van der Waals surface area contributed by atoms with Gasteiger partial charge in [0.1, 0.15) is 6.23 Å². The minimum Gasteiger partial charge on any atom is -0.377 e. The Labute approximate surface area is 68.6 Å². The first kappa shape index (κ1) is 8.97. The van der Waals surface area contributed by atoms with Gasteiger partial charge in [0, 0.05) is 19.1 Å². The zero-order chi connectivity index (χ0) is 8.43. The summed E-state index contributed by atoms with van der Waals surface area (Å²) in [6, 6.07) is 0.267. The van der Waals surface area contributed by atoms with Crippen molar-refractivity contribution < 1.29 is 5.11 Å². The van der Waals surface area contributed by atoms with Gasteiger partial charge in [-0.15, -0.1) is 0 Å². The van der Waals surface area contributed by atoms with Crippen molar-refractivity contribution >= 4 is 0 Å². The highest BCUT2D eigenvalue weighted by atomic mass is 16.3. The van der Waals surface area contributed by atoms with Crippen LogP contribution in [0.4, 0.5) is 0 Å². The van der Waals surface area contributed by atoms with Crippen LogP contribution in [0.3, 0.4) is 0 Å². The summed E-state index contributed by atoms with van der Waals surface area (Å²) in [5, 5.41) is 9.69. The highest BCUT2D eigenvalue weighted by molar-refractivity contribution is 4.79. The monoisotopic (exact) mass is 158 g/mol. The Morgan fingerprint density at radius 1 is 1.45 bits per heavy atom. The van der Waals surface area contributed by atoms with Gasteiger partial charge >= 0.3 is 0 Å². The number of rotatable bonds is 1. The van der Waals surface area contributed by atoms with E-state index in [4.69, 9.17) is 0 Å². The summed E-state index contributed by atoms with van der Waals surface area (Å²) < 4.78 is 0. The number of nitrogens with zero attached hydrogens (tertiary/aromatic N) is 2. The second-order valence-corrected chi connectivity index (χ2v) is 3.26. The fraction of sp³-hybridized carbons (Fsp3) is 1.00. The predicted octanol–water partition coefficient (Wildman–Crippen LogP) is -0.0394. The molecule has 1 aliphatic heterocycles. The molecule has 1 saturated heterocycles. The highest BCUT2D eigenvalue weighted by Gasteiger charge is 2.28. The number of aliphatic hydroxyl groups excluding tert-OH is 1. The average molecular weight is 158 g/mol. The molecule has 2 atom stereocenters. The Bertz CT molecular complexity index is 127. The highest BCUT2D eigenvalue weighted by Crippen LogP contribution is 2.12. The molecule has 0 amide bonds. The third-order valence-electron chi connectivity index (χ3n) is 2.65. The maximum Gasteiger partial charge on any atom is 0.122 e. The van der Waals surface area contributed by atoms with Gasteiger partial charge in [-0.1, -0.05) is 6.92 Å². The van der Waals surface area contributed by atoms with Crippen molar-refractivity contribution in [3.63, 3.8) is 0 Å². The van der Waals surface area contributed by atoms with Crippen molar-refractivity contribution in [2.45, 2.75) is 26.1 Å². The molecule has 1 heterocycles. The molecule has 0 aromatic rings. The van der Waals surface area contributed by atoms with Crippen molar-refractivity contribution in [3.8, 4) is 0 Å². The van der Waals surface area contributed by atoms with Crippen LogP contribution < -0.4 is 0 Å². The molecule has 3 nitrogen and oxygen atoms in total. The number of hydrogen-bond acceptors (Lipinski definition) is 3. The molecular weight excluding hydrogens is 140 g/mol. The minimum atomic E-state index is -0.279. The van der Waals surface area contributed by atoms with Crippen molar-refractivity contribution in [1.29, 1.82) is 0 Å². The number of likely N-dealkylation sites (N-methyl/N-ethyl adjacent to an activating group) is 2. The van der Waals surface area contributed by atoms with Crippen LogP contribution in [0.1, 0.15) is 13.8 Å². The summed E-state index contributed by atoms with van der Waals surface area (Å²) in [5.74, 6) is 0. The lowest BCUT2D eigenvalue weighted by Crippen LogP contribution is -2.56. The molecule has 1 fully saturated rings. The topological polar surface area (TPSA) is 26.7 Å². The summed E-state index contributed by atoms with van der Waals surface area (Å²) >= 11 is 0. The first-order valence-corrected chi connectivity index (χ1v) is 4.29. The minimum absolute atomic E-state index is 0.267. The van der Waals surface area contributed by atoms with E-state index < -0.39 is 0 Å². The molecule has 0 aromatic heterocycles. The SMILES string of the molecule is CCN1CCN(C)C(C)C1O. The number of hydrogen-bond donors (Lipinski definition) is 1. The fourth-order valence-corrected chi connectivity index (χ4v) is 1.50. The summed E-state index contributed by atoms with van der Waals surface area (Å²) in [6.07, 6.45) is -0.279. The van der Waals surface area contributed by atoms with Crippen LogP contribution in [0.5, 0.6) is 0 Å². The summed E-state index contributed by atoms with van der Waals surface area (Å²) in [6.45, 7) is 7.14. The van der Waals surface area contributed by atoms with E-state index in [1.807, 2.05) is 0 Å². The van der Waals surface area contributed by atoms with Crippen LogP contribution in [0.2, 0.25) is 0 Å². The van der Waals surface area contributed by atoms with Crippen molar-refractivity contribution in [2.75, 3.05) is 26.7 Å². The van der Waals surface area contributed by atoms with Crippen molar-refractivity contribution in [3.05, 3.63) is 0 Å². The zero-order valence-corrected chi connectivity index (χ0v) is 7.62. The van der Waals surface area contributed by atoms with E-state index in [0.29, 0.717) is 0 Å². The van der Waals surface area contributed by atoms with E-state index in [0.717, 1.165) is 19.6 Å². The molecule has 0 bridgehead atoms. The van der Waals surface area contributed by atoms with Crippen LogP contribution >= 0.6 is 0 Å². The zero-order valence-electron chi connectivity index (χ0n) is 7.62. The van der Waals surface area contributed by atoms with E-state index in [1.165, 1.54) is 0 Å². The Hall–Kier alpha value is -0.120. The lowest BCUT2D eigenvalue weighted by atomic mass is 10.2. The second-order valence-electron chi connectivity index (χ2n) is 3.26. The van der Waals surface area contributed by atoms with E-state index in [9.17, 15) is 5.11 Å². The molecule has 0 aromatic carbocycles. The summed E-state index contributed by atoms with van der Waals surface area (Å²) in [7, 11) is 2.06. The molecule has 1 aliphatic rings. The maximum atomic E-state index is 9.69. The van der Waals surface area contributed by atoms with E-state index in [1.54, 1.807) is 0 Å². The molecule has 11 heavy (non-hydrogen) atoms. The van der Waals surface area contributed by atoms with Gasteiger partial charge in [0.25, 0.3) is 0 Å². The molecule has 3 heteroatoms. The second kappa shape index (κ2) is 3.52. The standard InChI is InChI=1S/C8H18N2O/c1-4-10-6-5-9(3)7(2)8(10)11/h7-8,11H,4-6H2,1-3H3. The van der Waals surface area contributed by atoms with Gasteiger partial charge in [0.05, 0.1) is 0 Å². The smallest absolute Gasteiger partial charge is 0.122 e. The van der Waals surface area contributed by atoms with Crippen LogP contribution in [0.15, 0.2) is 0 Å². The van der Waals surface area contributed by atoms with Crippen molar-refractivity contribution in [1.82, 2.24) is 9.80 Å². The van der Waals surface area contributed by atoms with E-state index in [-0.39, 0.29) is 12.3 Å². The molecular formula is C8H18N2O. The first-order chi connectivity index (χ1) is 5.16. The Kier molecular flexibility index (Phi) is 2.87. The van der Waals surface area contributed by atoms with E-state index in [2.05, 4.69) is 30.7 Å². The van der Waals surface area contributed by atoms with Crippen LogP contribution in [-0.4, -0.2) is 53.9 Å². The van der Waals surface area contributed by atoms with Crippen LogP contribution in [-0.2, 0) is 0 Å². The first-order valence-electron chi connectivity index (χ1n) is 4.29. The van der Waals surface area contributed by atoms with Gasteiger partial charge in [0.2, 0.25) is 0 Å². The van der Waals surface area contributed by atoms with Crippen LogP contribution in [0.25, 0.3) is 0 Å². The van der Waals surface area contributed by atoms with Crippen molar-refractivity contribution in [2.24, 2.45) is 0 Å². The van der Waals surface area contributed by atoms with Gasteiger partial charge in [-0.25, -0.2) is 0 Å². The molecule has 1 N–H and O–H groups in total. The summed E-state index contributed by atoms with van der Waals surface area (Å²) in [5.41, 5.74) is 0. The third-order valence-corrected chi connectivity index (χ3v) is 2.65. The Balaban J connectivity index is 2.52. The molecule has 0 saturated carbocycles. The Morgan fingerprint density at radius 2 is 2.09 bits per heavy atom. The quantitative estimate of drug-likeness (QED) is 0.580. The van der Waals surface area contributed by atoms with Gasteiger partial charge in [-0.2, -0.15) is 0 Å². The average Bonchev–Trinajstić information content (AvgIpc) is 2.01. The van der Waals surface area contributed by atoms with Crippen LogP contribution in [0, 0.1) is 0 Å². The summed E-state index contributed by atoms with van der Waals surface area (Å²) in [4.78, 5) is 4.29. The largest absolute Gasteiger partial charge is 0.377 e. The fourth-order valence-electron chi connectivity index (χ4n) is 1.50. The molecule has 1 rings (SSSR count). The maximum absolute atomic E-state index is 9.69. The lowest BCUT2D eigenvalue weighted by molar-refractivity contribution is -0.0811. The van der Waals surface area contributed by atoms with E-state index >= 15 is 0 Å². The third kappa shape index (κ3) is 1.72. The molecule has 66 valence electrons. The van der Waals surface area contributed by atoms with Gasteiger partial charge in [0.15, 0.2) is 0 Å². The van der Waals surface area contributed by atoms with Gasteiger partial charge in [-0.05, 0) is 20.5 Å². The van der Waals surface area contributed by atoms with Gasteiger partial charge < -0.3 is 5.11 Å². The molecule has 0 aliphatic carbocycles. The lowest BCUT2D eigenvalue weighted by Gasteiger charge is -2.41. The van der Waals surface area contributed by atoms with Gasteiger partial charge in [-0.3, -0.25) is 9.80 Å². The predicted molar refractivity (Wildman–Crippen MR) is 45.3 cm³/mol. The number of piperazine rings is 1. The molecule has 0 spiro atoms.